The van der Waals surface area contributed by atoms with Gasteiger partial charge in [-0.25, -0.2) is 0 Å². The molecule has 4 heteroatoms. The Morgan fingerprint density at radius 3 is 2.56 bits per heavy atom. The zero-order valence-electron chi connectivity index (χ0n) is 10.6. The van der Waals surface area contributed by atoms with Crippen molar-refractivity contribution in [1.29, 1.82) is 5.26 Å². The van der Waals surface area contributed by atoms with Gasteiger partial charge < -0.3 is 0 Å². The first-order valence-corrected chi connectivity index (χ1v) is 5.86. The minimum absolute atomic E-state index is 0.489. The van der Waals surface area contributed by atoms with Crippen LogP contribution in [0, 0.1) is 18.3 Å². The number of benzene rings is 1. The first-order chi connectivity index (χ1) is 8.72. The lowest BCUT2D eigenvalue weighted by molar-refractivity contribution is 0.372. The number of hydrogen-bond donors (Lipinski definition) is 1. The van der Waals surface area contributed by atoms with Gasteiger partial charge in [0.05, 0.1) is 12.6 Å². The smallest absolute Gasteiger partial charge is 0.151 e. The summed E-state index contributed by atoms with van der Waals surface area (Å²) in [6.45, 7) is 2.47. The second-order valence-electron chi connectivity index (χ2n) is 4.26. The van der Waals surface area contributed by atoms with Crippen molar-refractivity contribution < 1.29 is 0 Å². The van der Waals surface area contributed by atoms with Crippen molar-refractivity contribution in [2.24, 2.45) is 0 Å². The van der Waals surface area contributed by atoms with E-state index in [-0.39, 0.29) is 0 Å². The summed E-state index contributed by atoms with van der Waals surface area (Å²) in [6, 6.07) is 14.0. The van der Waals surface area contributed by atoms with Crippen LogP contribution in [-0.4, -0.2) is 16.8 Å². The number of aromatic nitrogens is 2. The van der Waals surface area contributed by atoms with Crippen LogP contribution in [0.15, 0.2) is 42.6 Å². The molecule has 1 N–H and O–H groups in total. The maximum absolute atomic E-state index is 9.57. The monoisotopic (exact) mass is 240 g/mol. The van der Waals surface area contributed by atoms with E-state index in [0.29, 0.717) is 6.54 Å². The molecular weight excluding hydrogens is 224 g/mol. The van der Waals surface area contributed by atoms with Crippen LogP contribution in [-0.2, 0) is 12.1 Å². The fourth-order valence-electron chi connectivity index (χ4n) is 1.98. The number of hydrogen-bond acceptors (Lipinski definition) is 3. The van der Waals surface area contributed by atoms with Gasteiger partial charge in [0.15, 0.2) is 5.54 Å². The van der Waals surface area contributed by atoms with Gasteiger partial charge in [-0.1, -0.05) is 30.3 Å². The van der Waals surface area contributed by atoms with Gasteiger partial charge in [0.2, 0.25) is 0 Å². The zero-order chi connectivity index (χ0) is 13.0. The van der Waals surface area contributed by atoms with Crippen LogP contribution < -0.4 is 5.32 Å². The minimum atomic E-state index is -0.752. The molecule has 0 saturated heterocycles. The van der Waals surface area contributed by atoms with Crippen LogP contribution in [0.2, 0.25) is 0 Å². The highest BCUT2D eigenvalue weighted by Gasteiger charge is 2.31. The largest absolute Gasteiger partial charge is 0.297 e. The van der Waals surface area contributed by atoms with E-state index in [9.17, 15) is 5.26 Å². The van der Waals surface area contributed by atoms with E-state index < -0.39 is 5.54 Å². The molecule has 4 nitrogen and oxygen atoms in total. The molecule has 0 bridgehead atoms. The molecule has 1 aromatic heterocycles. The molecule has 0 saturated carbocycles. The molecule has 92 valence electrons. The van der Waals surface area contributed by atoms with Crippen molar-refractivity contribution in [3.63, 3.8) is 0 Å². The molecule has 1 atom stereocenters. The van der Waals surface area contributed by atoms with Crippen LogP contribution in [0.5, 0.6) is 0 Å². The molecule has 0 spiro atoms. The van der Waals surface area contributed by atoms with Gasteiger partial charge in [-0.3, -0.25) is 10.00 Å². The highest BCUT2D eigenvalue weighted by molar-refractivity contribution is 5.31. The summed E-state index contributed by atoms with van der Waals surface area (Å²) in [6.07, 6.45) is 1.75. The summed E-state index contributed by atoms with van der Waals surface area (Å²) < 4.78 is 1.84. The number of likely N-dealkylation sites (N-methyl/N-ethyl adjacent to an activating group) is 1. The van der Waals surface area contributed by atoms with Gasteiger partial charge in [-0.2, -0.15) is 10.4 Å². The fraction of sp³-hybridized carbons (Fsp3) is 0.286. The molecule has 2 rings (SSSR count). The number of nitrogens with zero attached hydrogens (tertiary/aromatic N) is 3. The predicted molar refractivity (Wildman–Crippen MR) is 69.8 cm³/mol. The van der Waals surface area contributed by atoms with Gasteiger partial charge in [-0.05, 0) is 25.6 Å². The second kappa shape index (κ2) is 5.03. The second-order valence-corrected chi connectivity index (χ2v) is 4.26. The highest BCUT2D eigenvalue weighted by Crippen LogP contribution is 2.22. The summed E-state index contributed by atoms with van der Waals surface area (Å²) in [5.41, 5.74) is 1.24. The van der Waals surface area contributed by atoms with Gasteiger partial charge in [0, 0.05) is 11.9 Å². The number of nitrogens with one attached hydrogen (secondary N) is 1. The van der Waals surface area contributed by atoms with Gasteiger partial charge in [0.1, 0.15) is 0 Å². The van der Waals surface area contributed by atoms with E-state index in [2.05, 4.69) is 16.5 Å². The normalized spacial score (nSPS) is 13.8. The molecule has 0 aliphatic heterocycles. The highest BCUT2D eigenvalue weighted by atomic mass is 15.3. The van der Waals surface area contributed by atoms with E-state index in [0.717, 1.165) is 11.3 Å². The molecule has 1 aromatic carbocycles. The Kier molecular flexibility index (Phi) is 3.45. The third-order valence-electron chi connectivity index (χ3n) is 3.20. The minimum Gasteiger partial charge on any atom is -0.297 e. The van der Waals surface area contributed by atoms with E-state index in [1.54, 1.807) is 13.2 Å². The van der Waals surface area contributed by atoms with E-state index in [1.807, 2.05) is 48.0 Å². The lowest BCUT2D eigenvalue weighted by Gasteiger charge is -2.27. The van der Waals surface area contributed by atoms with Crippen LogP contribution in [0.4, 0.5) is 0 Å². The van der Waals surface area contributed by atoms with Crippen molar-refractivity contribution in [2.75, 3.05) is 7.05 Å². The first kappa shape index (κ1) is 12.3. The van der Waals surface area contributed by atoms with Crippen molar-refractivity contribution >= 4 is 0 Å². The molecule has 0 aliphatic carbocycles. The van der Waals surface area contributed by atoms with Crippen LogP contribution in [0.3, 0.4) is 0 Å². The van der Waals surface area contributed by atoms with Crippen molar-refractivity contribution in [3.8, 4) is 6.07 Å². The summed E-state index contributed by atoms with van der Waals surface area (Å²) in [7, 11) is 1.80. The predicted octanol–water partition coefficient (Wildman–Crippen LogP) is 1.83. The molecule has 0 amide bonds. The third kappa shape index (κ3) is 2.13. The topological polar surface area (TPSA) is 53.6 Å². The molecule has 0 radical (unpaired) electrons. The summed E-state index contributed by atoms with van der Waals surface area (Å²) >= 11 is 0. The van der Waals surface area contributed by atoms with Crippen molar-refractivity contribution in [1.82, 2.24) is 15.1 Å². The van der Waals surface area contributed by atoms with Crippen molar-refractivity contribution in [2.45, 2.75) is 19.0 Å². The zero-order valence-corrected chi connectivity index (χ0v) is 10.6. The Morgan fingerprint density at radius 1 is 1.33 bits per heavy atom. The molecule has 1 unspecified atom stereocenters. The van der Waals surface area contributed by atoms with E-state index in [4.69, 9.17) is 0 Å². The van der Waals surface area contributed by atoms with Crippen LogP contribution >= 0.6 is 0 Å². The molecule has 0 fully saturated rings. The summed E-state index contributed by atoms with van der Waals surface area (Å²) in [5, 5.41) is 16.9. The van der Waals surface area contributed by atoms with Gasteiger partial charge in [-0.15, -0.1) is 0 Å². The van der Waals surface area contributed by atoms with Gasteiger partial charge in [0.25, 0.3) is 0 Å². The Bertz CT molecular complexity index is 553. The average molecular weight is 240 g/mol. The lowest BCUT2D eigenvalue weighted by Crippen LogP contribution is -2.43. The maximum atomic E-state index is 9.57. The molecule has 0 aliphatic rings. The maximum Gasteiger partial charge on any atom is 0.151 e. The summed E-state index contributed by atoms with van der Waals surface area (Å²) in [5.74, 6) is 0. The molecule has 2 aromatic rings. The molecular formula is C14H16N4. The summed E-state index contributed by atoms with van der Waals surface area (Å²) in [4.78, 5) is 0. The third-order valence-corrected chi connectivity index (χ3v) is 3.20. The SMILES string of the molecule is CNC(C#N)(Cn1nccc1C)c1ccccc1. The Morgan fingerprint density at radius 2 is 2.06 bits per heavy atom. The number of aryl methyl sites for hydroxylation is 1. The van der Waals surface area contributed by atoms with Crippen molar-refractivity contribution in [3.05, 3.63) is 53.9 Å². The van der Waals surface area contributed by atoms with E-state index in [1.165, 1.54) is 0 Å². The number of nitriles is 1. The Labute approximate surface area is 107 Å². The standard InChI is InChI=1S/C14H16N4/c1-12-8-9-17-18(12)11-14(10-15,16-2)13-6-4-3-5-7-13/h3-9,16H,11H2,1-2H3. The van der Waals surface area contributed by atoms with Crippen LogP contribution in [0.25, 0.3) is 0 Å². The van der Waals surface area contributed by atoms with Gasteiger partial charge >= 0.3 is 0 Å². The first-order valence-electron chi connectivity index (χ1n) is 5.86. The lowest BCUT2D eigenvalue weighted by atomic mass is 9.91. The van der Waals surface area contributed by atoms with Crippen LogP contribution in [0.1, 0.15) is 11.3 Å². The molecule has 18 heavy (non-hydrogen) atoms. The quantitative estimate of drug-likeness (QED) is 0.887. The Balaban J connectivity index is 2.40. The van der Waals surface area contributed by atoms with E-state index >= 15 is 0 Å². The fourth-order valence-corrected chi connectivity index (χ4v) is 1.98. The average Bonchev–Trinajstić information content (AvgIpc) is 2.82. The Hall–Kier alpha value is -2.12. The number of rotatable bonds is 4. The molecule has 1 heterocycles.